The van der Waals surface area contributed by atoms with Gasteiger partial charge in [0.25, 0.3) is 0 Å². The van der Waals surface area contributed by atoms with Crippen molar-refractivity contribution in [3.63, 3.8) is 0 Å². The average Bonchev–Trinajstić information content (AvgIpc) is 3.10. The lowest BCUT2D eigenvalue weighted by Gasteiger charge is -2.30. The van der Waals surface area contributed by atoms with Crippen LogP contribution in [0.5, 0.6) is 0 Å². The number of hydrogen-bond donors (Lipinski definition) is 1. The summed E-state index contributed by atoms with van der Waals surface area (Å²) in [4.78, 5) is 28.4. The van der Waals surface area contributed by atoms with Crippen LogP contribution in [-0.2, 0) is 16.1 Å². The zero-order chi connectivity index (χ0) is 22.9. The highest BCUT2D eigenvalue weighted by molar-refractivity contribution is 7.99. The normalized spacial score (nSPS) is 13.3. The van der Waals surface area contributed by atoms with Gasteiger partial charge in [-0.2, -0.15) is 0 Å². The molecule has 9 heteroatoms. The minimum Gasteiger partial charge on any atom is -0.382 e. The van der Waals surface area contributed by atoms with Gasteiger partial charge in [0.05, 0.1) is 17.7 Å². The lowest BCUT2D eigenvalue weighted by atomic mass is 10.0. The number of imidazole rings is 1. The molecule has 1 aromatic carbocycles. The molecule has 0 radical (unpaired) electrons. The van der Waals surface area contributed by atoms with Gasteiger partial charge in [-0.05, 0) is 50.6 Å². The van der Waals surface area contributed by atoms with Crippen LogP contribution in [0.2, 0.25) is 0 Å². The molecule has 8 nitrogen and oxygen atoms in total. The number of anilines is 2. The van der Waals surface area contributed by atoms with Crippen LogP contribution in [0.15, 0.2) is 52.9 Å². The minimum atomic E-state index is -1.40. The van der Waals surface area contributed by atoms with E-state index in [1.165, 1.54) is 19.9 Å². The fourth-order valence-electron chi connectivity index (χ4n) is 3.35. The van der Waals surface area contributed by atoms with E-state index in [-0.39, 0.29) is 5.78 Å². The van der Waals surface area contributed by atoms with E-state index >= 15 is 0 Å². The molecule has 0 fully saturated rings. The number of hydrogen-bond acceptors (Lipinski definition) is 8. The molecule has 0 bridgehead atoms. The van der Waals surface area contributed by atoms with Gasteiger partial charge in [0.1, 0.15) is 17.4 Å². The number of aliphatic hydroxyl groups is 1. The van der Waals surface area contributed by atoms with Crippen LogP contribution in [0.1, 0.15) is 30.8 Å². The Balaban J connectivity index is 1.59. The molecule has 4 rings (SSSR count). The van der Waals surface area contributed by atoms with E-state index in [0.29, 0.717) is 19.0 Å². The van der Waals surface area contributed by atoms with E-state index in [2.05, 4.69) is 33.2 Å². The summed E-state index contributed by atoms with van der Waals surface area (Å²) in [6, 6.07) is 6.31. The van der Waals surface area contributed by atoms with Crippen molar-refractivity contribution in [1.29, 1.82) is 0 Å². The second kappa shape index (κ2) is 8.85. The topological polar surface area (TPSA) is 93.4 Å². The summed E-state index contributed by atoms with van der Waals surface area (Å²) >= 11 is 1.59. The maximum atomic E-state index is 12.0. The molecule has 1 N–H and O–H groups in total. The molecule has 0 amide bonds. The van der Waals surface area contributed by atoms with Crippen LogP contribution in [0, 0.1) is 6.92 Å². The van der Waals surface area contributed by atoms with Gasteiger partial charge in [0, 0.05) is 36.6 Å². The largest absolute Gasteiger partial charge is 0.382 e. The van der Waals surface area contributed by atoms with Crippen molar-refractivity contribution >= 4 is 35.1 Å². The first-order valence-corrected chi connectivity index (χ1v) is 10.9. The molecule has 3 aromatic rings. The van der Waals surface area contributed by atoms with Crippen LogP contribution in [-0.4, -0.2) is 49.9 Å². The molecule has 32 heavy (non-hydrogen) atoms. The Morgan fingerprint density at radius 3 is 2.78 bits per heavy atom. The Hall–Kier alpha value is -3.01. The number of carbonyl (C=O) groups excluding carboxylic acids is 1. The molecule has 0 atom stereocenters. The van der Waals surface area contributed by atoms with E-state index < -0.39 is 5.60 Å². The van der Waals surface area contributed by atoms with Crippen LogP contribution in [0.3, 0.4) is 0 Å². The SMILES string of the molecule is COCN1c2cc(Cn3cnc(C=CC(=O)C(C)(C)O)c3C)ccc2Sc2nccnc21. The summed E-state index contributed by atoms with van der Waals surface area (Å²) in [6.07, 6.45) is 8.15. The number of methoxy groups -OCH3 is 1. The van der Waals surface area contributed by atoms with Gasteiger partial charge in [-0.1, -0.05) is 17.8 Å². The predicted octanol–water partition coefficient (Wildman–Crippen LogP) is 3.59. The predicted molar refractivity (Wildman–Crippen MR) is 123 cm³/mol. The van der Waals surface area contributed by atoms with Gasteiger partial charge in [-0.15, -0.1) is 0 Å². The van der Waals surface area contributed by atoms with Crippen molar-refractivity contribution in [2.24, 2.45) is 0 Å². The highest BCUT2D eigenvalue weighted by Gasteiger charge is 2.26. The van der Waals surface area contributed by atoms with Gasteiger partial charge in [-0.25, -0.2) is 15.0 Å². The molecule has 0 spiro atoms. The zero-order valence-electron chi connectivity index (χ0n) is 18.4. The van der Waals surface area contributed by atoms with Crippen molar-refractivity contribution in [3.8, 4) is 0 Å². The quantitative estimate of drug-likeness (QED) is 0.545. The van der Waals surface area contributed by atoms with E-state index in [1.807, 2.05) is 16.4 Å². The van der Waals surface area contributed by atoms with Gasteiger partial charge in [-0.3, -0.25) is 9.69 Å². The number of carbonyl (C=O) groups is 1. The summed E-state index contributed by atoms with van der Waals surface area (Å²) in [5, 5.41) is 10.7. The minimum absolute atomic E-state index is 0.361. The molecule has 0 unspecified atom stereocenters. The molecule has 1 aliphatic heterocycles. The smallest absolute Gasteiger partial charge is 0.186 e. The highest BCUT2D eigenvalue weighted by atomic mass is 32.2. The monoisotopic (exact) mass is 451 g/mol. The molecule has 1 aliphatic rings. The standard InChI is InChI=1S/C23H25N5O3S/c1-15-17(6-8-20(29)23(2,3)30)26-13-27(15)12-16-5-7-19-18(11-16)28(14-31-4)21-22(32-19)25-10-9-24-21/h5-11,13,30H,12,14H2,1-4H3. The molecule has 3 heterocycles. The first-order valence-electron chi connectivity index (χ1n) is 10.1. The van der Waals surface area contributed by atoms with Crippen molar-refractivity contribution in [1.82, 2.24) is 19.5 Å². The summed E-state index contributed by atoms with van der Waals surface area (Å²) in [7, 11) is 1.66. The highest BCUT2D eigenvalue weighted by Crippen LogP contribution is 2.46. The van der Waals surface area contributed by atoms with Gasteiger partial charge >= 0.3 is 0 Å². The van der Waals surface area contributed by atoms with E-state index in [0.717, 1.165) is 32.7 Å². The van der Waals surface area contributed by atoms with Crippen molar-refractivity contribution in [2.45, 2.75) is 42.8 Å². The number of rotatable bonds is 7. The second-order valence-corrected chi connectivity index (χ2v) is 9.07. The Kier molecular flexibility index (Phi) is 6.14. The van der Waals surface area contributed by atoms with Gasteiger partial charge in [0.15, 0.2) is 11.6 Å². The van der Waals surface area contributed by atoms with E-state index in [4.69, 9.17) is 4.74 Å². The molecule has 2 aromatic heterocycles. The van der Waals surface area contributed by atoms with Crippen LogP contribution in [0.4, 0.5) is 11.5 Å². The summed E-state index contributed by atoms with van der Waals surface area (Å²) in [5.74, 6) is 0.423. The Morgan fingerprint density at radius 2 is 2.03 bits per heavy atom. The fourth-order valence-corrected chi connectivity index (χ4v) is 4.33. The third kappa shape index (κ3) is 4.45. The van der Waals surface area contributed by atoms with Crippen LogP contribution in [0.25, 0.3) is 6.08 Å². The van der Waals surface area contributed by atoms with Gasteiger partial charge < -0.3 is 14.4 Å². The first kappa shape index (κ1) is 22.2. The third-order valence-corrected chi connectivity index (χ3v) is 6.21. The number of aromatic nitrogens is 4. The Morgan fingerprint density at radius 1 is 1.25 bits per heavy atom. The summed E-state index contributed by atoms with van der Waals surface area (Å²) < 4.78 is 7.45. The van der Waals surface area contributed by atoms with Gasteiger partial charge in [0.2, 0.25) is 0 Å². The first-order chi connectivity index (χ1) is 15.3. The van der Waals surface area contributed by atoms with Crippen LogP contribution < -0.4 is 4.90 Å². The number of nitrogens with zero attached hydrogens (tertiary/aromatic N) is 5. The summed E-state index contributed by atoms with van der Waals surface area (Å²) in [6.45, 7) is 5.89. The number of benzene rings is 1. The molecule has 166 valence electrons. The zero-order valence-corrected chi connectivity index (χ0v) is 19.3. The van der Waals surface area contributed by atoms with Crippen LogP contribution >= 0.6 is 11.8 Å². The second-order valence-electron chi connectivity index (χ2n) is 8.03. The van der Waals surface area contributed by atoms with Crippen molar-refractivity contribution in [2.75, 3.05) is 18.7 Å². The average molecular weight is 452 g/mol. The Bertz CT molecular complexity index is 1180. The molecular weight excluding hydrogens is 426 g/mol. The lowest BCUT2D eigenvalue weighted by molar-refractivity contribution is -0.128. The fraction of sp³-hybridized carbons (Fsp3) is 0.304. The molecule has 0 aliphatic carbocycles. The number of ketones is 1. The van der Waals surface area contributed by atoms with Crippen molar-refractivity contribution in [3.05, 3.63) is 59.9 Å². The molecular formula is C23H25N5O3S. The molecule has 0 saturated heterocycles. The Labute approximate surface area is 191 Å². The van der Waals surface area contributed by atoms with E-state index in [9.17, 15) is 9.90 Å². The molecule has 0 saturated carbocycles. The third-order valence-electron chi connectivity index (χ3n) is 5.17. The lowest BCUT2D eigenvalue weighted by Crippen LogP contribution is -2.29. The number of ether oxygens (including phenoxy) is 1. The summed E-state index contributed by atoms with van der Waals surface area (Å²) in [5.41, 5.74) is 2.35. The maximum Gasteiger partial charge on any atom is 0.186 e. The number of fused-ring (bicyclic) bond motifs is 2. The maximum absolute atomic E-state index is 12.0. The van der Waals surface area contributed by atoms with Crippen molar-refractivity contribution < 1.29 is 14.6 Å². The van der Waals surface area contributed by atoms with E-state index in [1.54, 1.807) is 43.7 Å².